The van der Waals surface area contributed by atoms with E-state index in [1.165, 1.54) is 0 Å². The first-order valence-corrected chi connectivity index (χ1v) is 6.50. The Kier molecular flexibility index (Phi) is 4.07. The smallest absolute Gasteiger partial charge is 0.310 e. The van der Waals surface area contributed by atoms with Crippen LogP contribution < -0.4 is 5.32 Å². The van der Waals surface area contributed by atoms with Crippen LogP contribution in [0, 0.1) is 5.41 Å². The molecule has 6 heteroatoms. The number of benzene rings is 1. The summed E-state index contributed by atoms with van der Waals surface area (Å²) >= 11 is 0. The zero-order chi connectivity index (χ0) is 15.5. The SMILES string of the molecule is CC(C)(CNC(=O)c1ccc(-n2ccnc2)cc1)C(=O)O. The standard InChI is InChI=1S/C15H17N3O3/c1-15(2,14(20)21)9-17-13(19)11-3-5-12(6-4-11)18-8-7-16-10-18/h3-8,10H,9H2,1-2H3,(H,17,19)(H,20,21). The van der Waals surface area contributed by atoms with E-state index in [9.17, 15) is 9.59 Å². The van der Waals surface area contributed by atoms with Gasteiger partial charge in [-0.1, -0.05) is 0 Å². The van der Waals surface area contributed by atoms with Gasteiger partial charge in [-0.3, -0.25) is 9.59 Å². The number of carboxylic acids is 1. The molecule has 1 heterocycles. The third-order valence-electron chi connectivity index (χ3n) is 3.20. The Morgan fingerprint density at radius 1 is 1.29 bits per heavy atom. The molecule has 2 rings (SSSR count). The molecule has 21 heavy (non-hydrogen) atoms. The average molecular weight is 287 g/mol. The second kappa shape index (κ2) is 5.78. The lowest BCUT2D eigenvalue weighted by Crippen LogP contribution is -2.38. The van der Waals surface area contributed by atoms with Gasteiger partial charge in [-0.2, -0.15) is 0 Å². The quantitative estimate of drug-likeness (QED) is 0.877. The van der Waals surface area contributed by atoms with Crippen molar-refractivity contribution in [2.75, 3.05) is 6.54 Å². The van der Waals surface area contributed by atoms with Crippen LogP contribution in [0.2, 0.25) is 0 Å². The highest BCUT2D eigenvalue weighted by Crippen LogP contribution is 2.14. The van der Waals surface area contributed by atoms with Crippen molar-refractivity contribution in [1.29, 1.82) is 0 Å². The molecule has 1 aromatic heterocycles. The normalized spacial score (nSPS) is 11.1. The van der Waals surface area contributed by atoms with Crippen LogP contribution in [0.4, 0.5) is 0 Å². The van der Waals surface area contributed by atoms with E-state index in [1.807, 2.05) is 10.8 Å². The van der Waals surface area contributed by atoms with E-state index in [0.717, 1.165) is 5.69 Å². The Balaban J connectivity index is 2.02. The number of amides is 1. The fourth-order valence-corrected chi connectivity index (χ4v) is 1.68. The Labute approximate surface area is 122 Å². The molecule has 6 nitrogen and oxygen atoms in total. The van der Waals surface area contributed by atoms with E-state index in [4.69, 9.17) is 5.11 Å². The summed E-state index contributed by atoms with van der Waals surface area (Å²) in [5, 5.41) is 11.6. The van der Waals surface area contributed by atoms with Gasteiger partial charge < -0.3 is 15.0 Å². The van der Waals surface area contributed by atoms with Gasteiger partial charge >= 0.3 is 5.97 Å². The van der Waals surface area contributed by atoms with Crippen LogP contribution in [0.3, 0.4) is 0 Å². The lowest BCUT2D eigenvalue weighted by Gasteiger charge is -2.19. The van der Waals surface area contributed by atoms with Gasteiger partial charge in [0.25, 0.3) is 5.91 Å². The fraction of sp³-hybridized carbons (Fsp3) is 0.267. The fourth-order valence-electron chi connectivity index (χ4n) is 1.68. The first kappa shape index (κ1) is 14.8. The lowest BCUT2D eigenvalue weighted by molar-refractivity contribution is -0.146. The monoisotopic (exact) mass is 287 g/mol. The minimum Gasteiger partial charge on any atom is -0.481 e. The number of nitrogens with one attached hydrogen (secondary N) is 1. The first-order valence-electron chi connectivity index (χ1n) is 6.50. The second-order valence-corrected chi connectivity index (χ2v) is 5.39. The predicted octanol–water partition coefficient (Wildman–Crippen LogP) is 1.71. The minimum atomic E-state index is -0.994. The van der Waals surface area contributed by atoms with Gasteiger partial charge in [0.15, 0.2) is 0 Å². The largest absolute Gasteiger partial charge is 0.481 e. The average Bonchev–Trinajstić information content (AvgIpc) is 2.99. The number of carboxylic acid groups (broad SMARTS) is 1. The maximum Gasteiger partial charge on any atom is 0.310 e. The second-order valence-electron chi connectivity index (χ2n) is 5.39. The van der Waals surface area contributed by atoms with Crippen molar-refractivity contribution in [2.24, 2.45) is 5.41 Å². The zero-order valence-electron chi connectivity index (χ0n) is 11.9. The molecule has 1 aromatic carbocycles. The maximum atomic E-state index is 12.0. The molecule has 0 atom stereocenters. The topological polar surface area (TPSA) is 84.2 Å². The molecule has 0 aliphatic rings. The molecule has 0 aliphatic heterocycles. The van der Waals surface area contributed by atoms with Crippen molar-refractivity contribution in [3.05, 3.63) is 48.5 Å². The Morgan fingerprint density at radius 2 is 1.95 bits per heavy atom. The molecule has 0 saturated heterocycles. The highest BCUT2D eigenvalue weighted by atomic mass is 16.4. The number of carbonyl (C=O) groups excluding carboxylic acids is 1. The van der Waals surface area contributed by atoms with E-state index in [-0.39, 0.29) is 12.5 Å². The molecule has 0 saturated carbocycles. The van der Waals surface area contributed by atoms with E-state index < -0.39 is 11.4 Å². The Hall–Kier alpha value is -2.63. The van der Waals surface area contributed by atoms with Gasteiger partial charge in [-0.05, 0) is 38.1 Å². The summed E-state index contributed by atoms with van der Waals surface area (Å²) in [6.07, 6.45) is 5.16. The van der Waals surface area contributed by atoms with Crippen LogP contribution in [0.25, 0.3) is 5.69 Å². The number of aliphatic carboxylic acids is 1. The molecule has 110 valence electrons. The van der Waals surface area contributed by atoms with Crippen LogP contribution >= 0.6 is 0 Å². The van der Waals surface area contributed by atoms with Crippen molar-refractivity contribution < 1.29 is 14.7 Å². The van der Waals surface area contributed by atoms with Gasteiger partial charge in [-0.15, -0.1) is 0 Å². The zero-order valence-corrected chi connectivity index (χ0v) is 11.9. The molecule has 0 radical (unpaired) electrons. The highest BCUT2D eigenvalue weighted by molar-refractivity contribution is 5.94. The summed E-state index contributed by atoms with van der Waals surface area (Å²) in [7, 11) is 0. The van der Waals surface area contributed by atoms with Gasteiger partial charge in [0.05, 0.1) is 11.7 Å². The molecular weight excluding hydrogens is 270 g/mol. The van der Waals surface area contributed by atoms with Crippen LogP contribution in [-0.4, -0.2) is 33.1 Å². The molecule has 0 fully saturated rings. The Bertz CT molecular complexity index is 631. The highest BCUT2D eigenvalue weighted by Gasteiger charge is 2.27. The lowest BCUT2D eigenvalue weighted by atomic mass is 9.94. The number of imidazole rings is 1. The molecular formula is C15H17N3O3. The van der Waals surface area contributed by atoms with Crippen molar-refractivity contribution in [1.82, 2.24) is 14.9 Å². The maximum absolute atomic E-state index is 12.0. The molecule has 0 bridgehead atoms. The van der Waals surface area contributed by atoms with Gasteiger partial charge in [0, 0.05) is 30.2 Å². The van der Waals surface area contributed by atoms with Crippen molar-refractivity contribution in [3.63, 3.8) is 0 Å². The summed E-state index contributed by atoms with van der Waals surface area (Å²) < 4.78 is 1.83. The van der Waals surface area contributed by atoms with Crippen LogP contribution in [-0.2, 0) is 4.79 Å². The number of rotatable bonds is 5. The molecule has 2 aromatic rings. The third-order valence-corrected chi connectivity index (χ3v) is 3.20. The summed E-state index contributed by atoms with van der Waals surface area (Å²) in [4.78, 5) is 26.9. The van der Waals surface area contributed by atoms with Gasteiger partial charge in [-0.25, -0.2) is 4.98 Å². The van der Waals surface area contributed by atoms with E-state index in [2.05, 4.69) is 10.3 Å². The number of nitrogens with zero attached hydrogens (tertiary/aromatic N) is 2. The van der Waals surface area contributed by atoms with E-state index >= 15 is 0 Å². The third kappa shape index (κ3) is 3.47. The number of hydrogen-bond acceptors (Lipinski definition) is 3. The number of aromatic nitrogens is 2. The molecule has 0 unspecified atom stereocenters. The molecule has 0 aliphatic carbocycles. The van der Waals surface area contributed by atoms with Gasteiger partial charge in [0.1, 0.15) is 0 Å². The molecule has 2 N–H and O–H groups in total. The Morgan fingerprint density at radius 3 is 2.48 bits per heavy atom. The molecule has 1 amide bonds. The summed E-state index contributed by atoms with van der Waals surface area (Å²) in [5.41, 5.74) is 0.391. The number of hydrogen-bond donors (Lipinski definition) is 2. The number of carbonyl (C=O) groups is 2. The van der Waals surface area contributed by atoms with Crippen LogP contribution in [0.1, 0.15) is 24.2 Å². The molecule has 0 spiro atoms. The summed E-state index contributed by atoms with van der Waals surface area (Å²) in [6.45, 7) is 3.21. The van der Waals surface area contributed by atoms with Crippen molar-refractivity contribution in [2.45, 2.75) is 13.8 Å². The van der Waals surface area contributed by atoms with Gasteiger partial charge in [0.2, 0.25) is 0 Å². The van der Waals surface area contributed by atoms with E-state index in [1.54, 1.807) is 50.6 Å². The van der Waals surface area contributed by atoms with Crippen LogP contribution in [0.15, 0.2) is 43.0 Å². The van der Waals surface area contributed by atoms with Crippen LogP contribution in [0.5, 0.6) is 0 Å². The van der Waals surface area contributed by atoms with E-state index in [0.29, 0.717) is 5.56 Å². The first-order chi connectivity index (χ1) is 9.90. The minimum absolute atomic E-state index is 0.0738. The summed E-state index contributed by atoms with van der Waals surface area (Å²) in [6, 6.07) is 6.99. The predicted molar refractivity (Wildman–Crippen MR) is 77.3 cm³/mol. The van der Waals surface area contributed by atoms with Crippen molar-refractivity contribution >= 4 is 11.9 Å². The summed E-state index contributed by atoms with van der Waals surface area (Å²) in [5.74, 6) is -1.24. The van der Waals surface area contributed by atoms with Crippen molar-refractivity contribution in [3.8, 4) is 5.69 Å².